The zero-order valence-corrected chi connectivity index (χ0v) is 11.0. The molecule has 1 aromatic carbocycles. The Morgan fingerprint density at radius 2 is 2.11 bits per heavy atom. The third kappa shape index (κ3) is 2.92. The van der Waals surface area contributed by atoms with Gasteiger partial charge in [0.05, 0.1) is 17.8 Å². The van der Waals surface area contributed by atoms with Gasteiger partial charge in [-0.2, -0.15) is 0 Å². The van der Waals surface area contributed by atoms with Crippen molar-refractivity contribution in [2.45, 2.75) is 26.7 Å². The van der Waals surface area contributed by atoms with Crippen LogP contribution in [0.2, 0.25) is 0 Å². The summed E-state index contributed by atoms with van der Waals surface area (Å²) in [5, 5.41) is 0.957. The topological polar surface area (TPSA) is 48.1 Å². The number of nitrogens with zero attached hydrogens (tertiary/aromatic N) is 1. The first-order valence-electron chi connectivity index (χ1n) is 6.44. The molecule has 2 rings (SSSR count). The van der Waals surface area contributed by atoms with Crippen LogP contribution in [0.5, 0.6) is 5.75 Å². The van der Waals surface area contributed by atoms with Crippen LogP contribution in [0.4, 0.5) is 5.69 Å². The van der Waals surface area contributed by atoms with Crippen LogP contribution in [0.1, 0.15) is 26.7 Å². The lowest BCUT2D eigenvalue weighted by Crippen LogP contribution is -2.02. The number of rotatable bonds is 5. The Labute approximate surface area is 108 Å². The summed E-state index contributed by atoms with van der Waals surface area (Å²) in [6, 6.07) is 7.71. The molecule has 0 aliphatic rings. The molecule has 1 aromatic heterocycles. The van der Waals surface area contributed by atoms with Crippen molar-refractivity contribution < 1.29 is 4.74 Å². The Kier molecular flexibility index (Phi) is 4.03. The summed E-state index contributed by atoms with van der Waals surface area (Å²) in [5.41, 5.74) is 7.69. The average Bonchev–Trinajstić information content (AvgIpc) is 2.37. The SMILES string of the molecule is CC(C)CCCOc1ccc2ncccc2c1N. The first-order chi connectivity index (χ1) is 8.68. The summed E-state index contributed by atoms with van der Waals surface area (Å²) in [7, 11) is 0. The second kappa shape index (κ2) is 5.71. The molecule has 0 spiro atoms. The van der Waals surface area contributed by atoms with Crippen molar-refractivity contribution in [3.8, 4) is 5.75 Å². The number of hydrogen-bond donors (Lipinski definition) is 1. The zero-order valence-electron chi connectivity index (χ0n) is 11.0. The number of ether oxygens (including phenoxy) is 1. The van der Waals surface area contributed by atoms with E-state index in [4.69, 9.17) is 10.5 Å². The average molecular weight is 244 g/mol. The summed E-state index contributed by atoms with van der Waals surface area (Å²) < 4.78 is 5.74. The maximum absolute atomic E-state index is 6.10. The molecule has 0 unspecified atom stereocenters. The van der Waals surface area contributed by atoms with Gasteiger partial charge in [-0.15, -0.1) is 0 Å². The monoisotopic (exact) mass is 244 g/mol. The van der Waals surface area contributed by atoms with Crippen molar-refractivity contribution in [1.82, 2.24) is 4.98 Å². The molecule has 0 aliphatic heterocycles. The van der Waals surface area contributed by atoms with Crippen LogP contribution in [0.3, 0.4) is 0 Å². The summed E-state index contributed by atoms with van der Waals surface area (Å²) in [6.07, 6.45) is 4.00. The Hall–Kier alpha value is -1.77. The van der Waals surface area contributed by atoms with Gasteiger partial charge in [0.1, 0.15) is 5.75 Å². The lowest BCUT2D eigenvalue weighted by atomic mass is 10.1. The fourth-order valence-corrected chi connectivity index (χ4v) is 1.95. The van der Waals surface area contributed by atoms with Gasteiger partial charge in [-0.1, -0.05) is 13.8 Å². The highest BCUT2D eigenvalue weighted by molar-refractivity contribution is 5.93. The molecule has 96 valence electrons. The van der Waals surface area contributed by atoms with Gasteiger partial charge in [-0.3, -0.25) is 4.98 Å². The highest BCUT2D eigenvalue weighted by Gasteiger charge is 2.05. The van der Waals surface area contributed by atoms with E-state index in [1.165, 1.54) is 6.42 Å². The molecule has 18 heavy (non-hydrogen) atoms. The molecule has 0 atom stereocenters. The Morgan fingerprint density at radius 1 is 1.28 bits per heavy atom. The van der Waals surface area contributed by atoms with E-state index in [0.717, 1.165) is 23.1 Å². The number of fused-ring (bicyclic) bond motifs is 1. The van der Waals surface area contributed by atoms with Crippen LogP contribution in [0.15, 0.2) is 30.5 Å². The molecule has 0 radical (unpaired) electrons. The quantitative estimate of drug-likeness (QED) is 0.645. The van der Waals surface area contributed by atoms with Gasteiger partial charge >= 0.3 is 0 Å². The largest absolute Gasteiger partial charge is 0.491 e. The lowest BCUT2D eigenvalue weighted by molar-refractivity contribution is 0.299. The molecule has 1 heterocycles. The third-order valence-corrected chi connectivity index (χ3v) is 2.97. The molecule has 3 nitrogen and oxygen atoms in total. The van der Waals surface area contributed by atoms with E-state index in [1.54, 1.807) is 6.20 Å². The smallest absolute Gasteiger partial charge is 0.142 e. The Bertz CT molecular complexity index is 523. The van der Waals surface area contributed by atoms with E-state index in [0.29, 0.717) is 18.2 Å². The number of aromatic nitrogens is 1. The number of benzene rings is 1. The zero-order chi connectivity index (χ0) is 13.0. The van der Waals surface area contributed by atoms with Crippen molar-refractivity contribution in [3.05, 3.63) is 30.5 Å². The second-order valence-corrected chi connectivity index (χ2v) is 4.93. The van der Waals surface area contributed by atoms with Crippen molar-refractivity contribution in [2.75, 3.05) is 12.3 Å². The number of hydrogen-bond acceptors (Lipinski definition) is 3. The lowest BCUT2D eigenvalue weighted by Gasteiger charge is -2.11. The molecular formula is C15H20N2O. The highest BCUT2D eigenvalue weighted by Crippen LogP contribution is 2.29. The van der Waals surface area contributed by atoms with Crippen molar-refractivity contribution in [3.63, 3.8) is 0 Å². The summed E-state index contributed by atoms with van der Waals surface area (Å²) in [4.78, 5) is 4.27. The molecule has 0 fully saturated rings. The normalized spacial score (nSPS) is 11.1. The molecule has 0 amide bonds. The maximum Gasteiger partial charge on any atom is 0.142 e. The third-order valence-electron chi connectivity index (χ3n) is 2.97. The molecule has 0 saturated carbocycles. The highest BCUT2D eigenvalue weighted by atomic mass is 16.5. The minimum Gasteiger partial charge on any atom is -0.491 e. The van der Waals surface area contributed by atoms with Crippen LogP contribution in [-0.4, -0.2) is 11.6 Å². The fourth-order valence-electron chi connectivity index (χ4n) is 1.95. The van der Waals surface area contributed by atoms with E-state index in [-0.39, 0.29) is 0 Å². The van der Waals surface area contributed by atoms with E-state index in [9.17, 15) is 0 Å². The first-order valence-corrected chi connectivity index (χ1v) is 6.44. The molecule has 0 aliphatic carbocycles. The molecular weight excluding hydrogens is 224 g/mol. The fraction of sp³-hybridized carbons (Fsp3) is 0.400. The minimum absolute atomic E-state index is 0.685. The van der Waals surface area contributed by atoms with E-state index < -0.39 is 0 Å². The summed E-state index contributed by atoms with van der Waals surface area (Å²) in [5.74, 6) is 1.48. The number of anilines is 1. The maximum atomic E-state index is 6.10. The second-order valence-electron chi connectivity index (χ2n) is 4.93. The Balaban J connectivity index is 2.07. The van der Waals surface area contributed by atoms with Gasteiger partial charge in [0.2, 0.25) is 0 Å². The van der Waals surface area contributed by atoms with Gasteiger partial charge in [0, 0.05) is 11.6 Å². The van der Waals surface area contributed by atoms with E-state index in [2.05, 4.69) is 18.8 Å². The molecule has 0 saturated heterocycles. The van der Waals surface area contributed by atoms with Gasteiger partial charge in [-0.25, -0.2) is 0 Å². The number of nitrogens with two attached hydrogens (primary N) is 1. The number of nitrogen functional groups attached to an aromatic ring is 1. The van der Waals surface area contributed by atoms with E-state index in [1.807, 2.05) is 24.3 Å². The van der Waals surface area contributed by atoms with Gasteiger partial charge in [-0.05, 0) is 43.0 Å². The van der Waals surface area contributed by atoms with Crippen molar-refractivity contribution in [1.29, 1.82) is 0 Å². The first kappa shape index (κ1) is 12.7. The van der Waals surface area contributed by atoms with Crippen molar-refractivity contribution >= 4 is 16.6 Å². The van der Waals surface area contributed by atoms with Crippen LogP contribution in [0, 0.1) is 5.92 Å². The van der Waals surface area contributed by atoms with Gasteiger partial charge in [0.15, 0.2) is 0 Å². The molecule has 2 aromatic rings. The predicted molar refractivity (Wildman–Crippen MR) is 75.7 cm³/mol. The molecule has 2 N–H and O–H groups in total. The predicted octanol–water partition coefficient (Wildman–Crippen LogP) is 3.63. The van der Waals surface area contributed by atoms with Crippen LogP contribution in [-0.2, 0) is 0 Å². The summed E-state index contributed by atoms with van der Waals surface area (Å²) >= 11 is 0. The minimum atomic E-state index is 0.685. The Morgan fingerprint density at radius 3 is 2.89 bits per heavy atom. The van der Waals surface area contributed by atoms with Crippen LogP contribution >= 0.6 is 0 Å². The summed E-state index contributed by atoms with van der Waals surface area (Å²) in [6.45, 7) is 5.15. The van der Waals surface area contributed by atoms with Crippen molar-refractivity contribution in [2.24, 2.45) is 5.92 Å². The molecule has 0 bridgehead atoms. The van der Waals surface area contributed by atoms with Crippen LogP contribution in [0.25, 0.3) is 10.9 Å². The van der Waals surface area contributed by atoms with Gasteiger partial charge in [0.25, 0.3) is 0 Å². The standard InChI is InChI=1S/C15H20N2O/c1-11(2)5-4-10-18-14-8-7-13-12(15(14)16)6-3-9-17-13/h3,6-9,11H,4-5,10,16H2,1-2H3. The number of pyridine rings is 1. The van der Waals surface area contributed by atoms with Gasteiger partial charge < -0.3 is 10.5 Å². The van der Waals surface area contributed by atoms with Crippen LogP contribution < -0.4 is 10.5 Å². The molecule has 3 heteroatoms. The van der Waals surface area contributed by atoms with E-state index >= 15 is 0 Å².